The molecule has 0 atom stereocenters. The first-order chi connectivity index (χ1) is 8.99. The van der Waals surface area contributed by atoms with Crippen molar-refractivity contribution < 1.29 is 8.78 Å². The molecule has 0 bridgehead atoms. The molecule has 100 valence electrons. The van der Waals surface area contributed by atoms with Crippen molar-refractivity contribution in [2.45, 2.75) is 19.3 Å². The molecule has 0 radical (unpaired) electrons. The topological polar surface area (TPSA) is 24.9 Å². The number of hydrogen-bond donors (Lipinski definition) is 1. The van der Waals surface area contributed by atoms with E-state index in [9.17, 15) is 8.78 Å². The Labute approximate surface area is 111 Å². The molecule has 2 nitrogen and oxygen atoms in total. The van der Waals surface area contributed by atoms with Gasteiger partial charge in [0.05, 0.1) is 6.20 Å². The summed E-state index contributed by atoms with van der Waals surface area (Å²) in [6.45, 7) is 4.61. The van der Waals surface area contributed by atoms with Crippen molar-refractivity contribution in [2.75, 3.05) is 11.9 Å². The summed E-state index contributed by atoms with van der Waals surface area (Å²) < 4.78 is 26.2. The second kappa shape index (κ2) is 5.34. The lowest BCUT2D eigenvalue weighted by Gasteiger charge is -2.26. The Morgan fingerprint density at radius 1 is 1.16 bits per heavy atom. The number of rotatable bonds is 4. The molecule has 2 aromatic rings. The van der Waals surface area contributed by atoms with Crippen LogP contribution in [0.1, 0.15) is 19.4 Å². The Morgan fingerprint density at radius 3 is 2.47 bits per heavy atom. The molecule has 0 unspecified atom stereocenters. The van der Waals surface area contributed by atoms with Gasteiger partial charge in [-0.15, -0.1) is 0 Å². The molecule has 0 spiro atoms. The Kier molecular flexibility index (Phi) is 3.79. The van der Waals surface area contributed by atoms with Gasteiger partial charge in [0.2, 0.25) is 0 Å². The minimum atomic E-state index is -0.677. The van der Waals surface area contributed by atoms with Gasteiger partial charge in [0.25, 0.3) is 0 Å². The van der Waals surface area contributed by atoms with Crippen molar-refractivity contribution in [1.29, 1.82) is 0 Å². The van der Waals surface area contributed by atoms with Gasteiger partial charge in [-0.2, -0.15) is 0 Å². The van der Waals surface area contributed by atoms with Crippen LogP contribution in [0.25, 0.3) is 0 Å². The summed E-state index contributed by atoms with van der Waals surface area (Å²) in [6.07, 6.45) is 1.00. The van der Waals surface area contributed by atoms with Crippen LogP contribution < -0.4 is 5.32 Å². The highest BCUT2D eigenvalue weighted by Gasteiger charge is 2.20. The zero-order valence-corrected chi connectivity index (χ0v) is 11.0. The van der Waals surface area contributed by atoms with Crippen molar-refractivity contribution >= 4 is 5.82 Å². The predicted molar refractivity (Wildman–Crippen MR) is 72.1 cm³/mol. The number of hydrogen-bond acceptors (Lipinski definition) is 2. The van der Waals surface area contributed by atoms with Crippen LogP contribution in [0, 0.1) is 11.6 Å². The van der Waals surface area contributed by atoms with Crippen LogP contribution in [0.2, 0.25) is 0 Å². The zero-order valence-electron chi connectivity index (χ0n) is 11.0. The van der Waals surface area contributed by atoms with Crippen LogP contribution in [0.15, 0.2) is 42.6 Å². The van der Waals surface area contributed by atoms with Crippen LogP contribution in [0.5, 0.6) is 0 Å². The van der Waals surface area contributed by atoms with Crippen LogP contribution >= 0.6 is 0 Å². The standard InChI is InChI=1S/C15H16F2N2/c1-15(2,11-6-4-3-5-7-11)10-19-14-13(17)8-12(16)9-18-14/h3-9H,10H2,1-2H3,(H,18,19). The van der Waals surface area contributed by atoms with E-state index in [2.05, 4.69) is 24.1 Å². The number of aromatic nitrogens is 1. The third-order valence-electron chi connectivity index (χ3n) is 3.06. The number of halogens is 2. The van der Waals surface area contributed by atoms with Crippen molar-refractivity contribution in [1.82, 2.24) is 4.98 Å². The SMILES string of the molecule is CC(C)(CNc1ncc(F)cc1F)c1ccccc1. The quantitative estimate of drug-likeness (QED) is 0.907. The zero-order chi connectivity index (χ0) is 13.9. The highest BCUT2D eigenvalue weighted by Crippen LogP contribution is 2.23. The van der Waals surface area contributed by atoms with Gasteiger partial charge in [-0.05, 0) is 5.56 Å². The largest absolute Gasteiger partial charge is 0.367 e. The van der Waals surface area contributed by atoms with E-state index in [4.69, 9.17) is 0 Å². The molecule has 1 aromatic heterocycles. The predicted octanol–water partition coefficient (Wildman–Crippen LogP) is 3.75. The highest BCUT2D eigenvalue weighted by atomic mass is 19.1. The number of anilines is 1. The van der Waals surface area contributed by atoms with Gasteiger partial charge in [-0.1, -0.05) is 44.2 Å². The van der Waals surface area contributed by atoms with E-state index in [-0.39, 0.29) is 11.2 Å². The average molecular weight is 262 g/mol. The Morgan fingerprint density at radius 2 is 1.84 bits per heavy atom. The lowest BCUT2D eigenvalue weighted by atomic mass is 9.84. The van der Waals surface area contributed by atoms with Crippen LogP contribution in [0.3, 0.4) is 0 Å². The minimum Gasteiger partial charge on any atom is -0.367 e. The molecule has 4 heteroatoms. The van der Waals surface area contributed by atoms with E-state index in [0.29, 0.717) is 6.54 Å². The van der Waals surface area contributed by atoms with Gasteiger partial charge >= 0.3 is 0 Å². The molecule has 0 fully saturated rings. The summed E-state index contributed by atoms with van der Waals surface area (Å²) in [5.74, 6) is -1.28. The summed E-state index contributed by atoms with van der Waals surface area (Å²) >= 11 is 0. The van der Waals surface area contributed by atoms with E-state index in [1.807, 2.05) is 30.3 Å². The fourth-order valence-electron chi connectivity index (χ4n) is 1.84. The van der Waals surface area contributed by atoms with Crippen LogP contribution in [-0.2, 0) is 5.41 Å². The molecule has 0 saturated heterocycles. The first-order valence-electron chi connectivity index (χ1n) is 6.09. The average Bonchev–Trinajstić information content (AvgIpc) is 2.39. The normalized spacial score (nSPS) is 11.4. The number of pyridine rings is 1. The molecule has 1 N–H and O–H groups in total. The first-order valence-corrected chi connectivity index (χ1v) is 6.09. The summed E-state index contributed by atoms with van der Waals surface area (Å²) in [4.78, 5) is 3.71. The van der Waals surface area contributed by atoms with E-state index in [1.54, 1.807) is 0 Å². The molecule has 2 rings (SSSR count). The first kappa shape index (κ1) is 13.5. The smallest absolute Gasteiger partial charge is 0.168 e. The molecular weight excluding hydrogens is 246 g/mol. The van der Waals surface area contributed by atoms with Crippen molar-refractivity contribution in [3.8, 4) is 0 Å². The van der Waals surface area contributed by atoms with E-state index in [0.717, 1.165) is 17.8 Å². The molecule has 0 aliphatic rings. The van der Waals surface area contributed by atoms with Crippen molar-refractivity contribution in [3.05, 3.63) is 59.8 Å². The van der Waals surface area contributed by atoms with E-state index in [1.165, 1.54) is 0 Å². The molecule has 0 amide bonds. The molecule has 1 heterocycles. The van der Waals surface area contributed by atoms with E-state index >= 15 is 0 Å². The summed E-state index contributed by atoms with van der Waals surface area (Å²) in [5.41, 5.74) is 0.967. The second-order valence-corrected chi connectivity index (χ2v) is 5.09. The van der Waals surface area contributed by atoms with Gasteiger partial charge < -0.3 is 5.32 Å². The summed E-state index contributed by atoms with van der Waals surface area (Å²) in [5, 5.41) is 2.93. The molecular formula is C15H16F2N2. The molecule has 19 heavy (non-hydrogen) atoms. The number of benzene rings is 1. The lowest BCUT2D eigenvalue weighted by Crippen LogP contribution is -2.28. The Balaban J connectivity index is 2.09. The van der Waals surface area contributed by atoms with Crippen molar-refractivity contribution in [3.63, 3.8) is 0 Å². The van der Waals surface area contributed by atoms with Gasteiger partial charge in [-0.25, -0.2) is 13.8 Å². The maximum atomic E-state index is 13.5. The third-order valence-corrected chi connectivity index (χ3v) is 3.06. The monoisotopic (exact) mass is 262 g/mol. The Bertz CT molecular complexity index is 553. The fourth-order valence-corrected chi connectivity index (χ4v) is 1.84. The maximum absolute atomic E-state index is 13.5. The van der Waals surface area contributed by atoms with Gasteiger partial charge in [0, 0.05) is 18.0 Å². The lowest BCUT2D eigenvalue weighted by molar-refractivity contribution is 0.545. The fraction of sp³-hybridized carbons (Fsp3) is 0.267. The van der Waals surface area contributed by atoms with Gasteiger partial charge in [-0.3, -0.25) is 0 Å². The Hall–Kier alpha value is -1.97. The van der Waals surface area contributed by atoms with Crippen molar-refractivity contribution in [2.24, 2.45) is 0 Å². The molecule has 0 aliphatic carbocycles. The van der Waals surface area contributed by atoms with Crippen LogP contribution in [0.4, 0.5) is 14.6 Å². The molecule has 1 aromatic carbocycles. The molecule has 0 aliphatic heterocycles. The van der Waals surface area contributed by atoms with E-state index < -0.39 is 11.6 Å². The van der Waals surface area contributed by atoms with Crippen LogP contribution in [-0.4, -0.2) is 11.5 Å². The summed E-state index contributed by atoms with van der Waals surface area (Å²) in [6, 6.07) is 10.8. The third kappa shape index (κ3) is 3.28. The molecule has 0 saturated carbocycles. The van der Waals surface area contributed by atoms with Gasteiger partial charge in [0.1, 0.15) is 5.82 Å². The second-order valence-electron chi connectivity index (χ2n) is 5.09. The minimum absolute atomic E-state index is 0.0745. The number of nitrogens with zero attached hydrogens (tertiary/aromatic N) is 1. The highest BCUT2D eigenvalue weighted by molar-refractivity contribution is 5.37. The van der Waals surface area contributed by atoms with Gasteiger partial charge in [0.15, 0.2) is 11.6 Å². The maximum Gasteiger partial charge on any atom is 0.168 e. The summed E-state index contributed by atoms with van der Waals surface area (Å²) in [7, 11) is 0. The number of nitrogens with one attached hydrogen (secondary N) is 1.